The summed E-state index contributed by atoms with van der Waals surface area (Å²) in [5.41, 5.74) is 0.225. The predicted octanol–water partition coefficient (Wildman–Crippen LogP) is 4.71. The van der Waals surface area contributed by atoms with Gasteiger partial charge in [0.05, 0.1) is 11.2 Å². The van der Waals surface area contributed by atoms with Crippen molar-refractivity contribution in [1.29, 1.82) is 0 Å². The van der Waals surface area contributed by atoms with Gasteiger partial charge in [-0.3, -0.25) is 0 Å². The van der Waals surface area contributed by atoms with Gasteiger partial charge in [0.25, 0.3) is 0 Å². The molecule has 0 unspecified atom stereocenters. The second-order valence-corrected chi connectivity index (χ2v) is 8.58. The van der Waals surface area contributed by atoms with E-state index in [0.29, 0.717) is 19.8 Å². The third-order valence-corrected chi connectivity index (χ3v) is 5.72. The molecule has 164 valence electrons. The predicted molar refractivity (Wildman–Crippen MR) is 118 cm³/mol. The van der Waals surface area contributed by atoms with Gasteiger partial charge in [0.2, 0.25) is 0 Å². The van der Waals surface area contributed by atoms with E-state index >= 15 is 0 Å². The fourth-order valence-electron chi connectivity index (χ4n) is 3.29. The van der Waals surface area contributed by atoms with Crippen molar-refractivity contribution in [3.05, 3.63) is 24.3 Å². The highest BCUT2D eigenvalue weighted by molar-refractivity contribution is 6.62. The lowest BCUT2D eigenvalue weighted by molar-refractivity contribution is -0.152. The minimum atomic E-state index is -0.395. The van der Waals surface area contributed by atoms with Gasteiger partial charge in [-0.25, -0.2) is 0 Å². The summed E-state index contributed by atoms with van der Waals surface area (Å²) in [6.45, 7) is 13.6. The highest BCUT2D eigenvalue weighted by Crippen LogP contribution is 2.36. The van der Waals surface area contributed by atoms with Crippen LogP contribution in [-0.4, -0.2) is 44.4 Å². The molecule has 3 rings (SSSR count). The van der Waals surface area contributed by atoms with Crippen LogP contribution in [0.25, 0.3) is 0 Å². The molecule has 0 aromatic heterocycles. The van der Waals surface area contributed by atoms with Crippen LogP contribution in [-0.2, 0) is 18.8 Å². The summed E-state index contributed by atoms with van der Waals surface area (Å²) in [6, 6.07) is 7.77. The smallest absolute Gasteiger partial charge is 0.488 e. The molecule has 0 atom stereocenters. The Morgan fingerprint density at radius 3 is 1.90 bits per heavy atom. The molecule has 0 bridgehead atoms. The molecular weight excluding hydrogens is 367 g/mol. The fraction of sp³-hybridized carbons (Fsp3) is 0.739. The van der Waals surface area contributed by atoms with Crippen LogP contribution < -0.4 is 10.2 Å². The van der Waals surface area contributed by atoms with E-state index in [1.165, 1.54) is 32.1 Å². The summed E-state index contributed by atoms with van der Waals surface area (Å²) in [5, 5.41) is 0. The van der Waals surface area contributed by atoms with Crippen molar-refractivity contribution in [3.8, 4) is 5.75 Å². The number of benzene rings is 1. The fourth-order valence-corrected chi connectivity index (χ4v) is 3.29. The lowest BCUT2D eigenvalue weighted by Crippen LogP contribution is -2.41. The van der Waals surface area contributed by atoms with E-state index in [1.807, 2.05) is 65.8 Å². The van der Waals surface area contributed by atoms with E-state index in [4.69, 9.17) is 23.5 Å². The Kier molecular flexibility index (Phi) is 9.47. The van der Waals surface area contributed by atoms with Gasteiger partial charge < -0.3 is 23.5 Å². The van der Waals surface area contributed by atoms with Crippen LogP contribution in [0.1, 0.15) is 73.6 Å². The van der Waals surface area contributed by atoms with Crippen molar-refractivity contribution in [3.63, 3.8) is 0 Å². The largest absolute Gasteiger partial charge is 0.494 e. The molecule has 1 aromatic carbocycles. The monoisotopic (exact) mass is 406 g/mol. The summed E-state index contributed by atoms with van der Waals surface area (Å²) in [7, 11) is -0.395. The molecule has 1 aromatic rings. The quantitative estimate of drug-likeness (QED) is 0.462. The number of hydrogen-bond acceptors (Lipinski definition) is 5. The number of ether oxygens (including phenoxy) is 3. The van der Waals surface area contributed by atoms with Crippen molar-refractivity contribution in [1.82, 2.24) is 0 Å². The third kappa shape index (κ3) is 7.28. The minimum absolute atomic E-state index is 0.342. The lowest BCUT2D eigenvalue weighted by Gasteiger charge is -2.32. The molecule has 0 N–H and O–H groups in total. The zero-order valence-electron chi connectivity index (χ0n) is 19.2. The molecule has 1 saturated heterocycles. The zero-order valence-corrected chi connectivity index (χ0v) is 19.2. The lowest BCUT2D eigenvalue weighted by atomic mass is 9.79. The number of hydrogen-bond donors (Lipinski definition) is 0. The van der Waals surface area contributed by atoms with Gasteiger partial charge in [-0.05, 0) is 59.1 Å². The molecule has 29 heavy (non-hydrogen) atoms. The molecular formula is C23H39BO5. The molecule has 0 spiro atoms. The molecule has 1 heterocycles. The van der Waals surface area contributed by atoms with E-state index in [-0.39, 0.29) is 17.5 Å². The first-order chi connectivity index (χ1) is 13.8. The first-order valence-corrected chi connectivity index (χ1v) is 11.1. The molecule has 6 heteroatoms. The van der Waals surface area contributed by atoms with E-state index in [2.05, 4.69) is 0 Å². The van der Waals surface area contributed by atoms with Gasteiger partial charge in [0.15, 0.2) is 6.29 Å². The molecule has 1 saturated carbocycles. The van der Waals surface area contributed by atoms with E-state index in [1.54, 1.807) is 0 Å². The summed E-state index contributed by atoms with van der Waals surface area (Å²) in [4.78, 5) is 0. The van der Waals surface area contributed by atoms with Crippen molar-refractivity contribution >= 4 is 12.6 Å². The molecule has 2 fully saturated rings. The Labute approximate surface area is 177 Å². The maximum absolute atomic E-state index is 6.08. The average Bonchev–Trinajstić information content (AvgIpc) is 3.31. The molecule has 2 aliphatic rings. The Morgan fingerprint density at radius 2 is 1.41 bits per heavy atom. The maximum Gasteiger partial charge on any atom is 0.494 e. The van der Waals surface area contributed by atoms with Crippen molar-refractivity contribution < 1.29 is 23.5 Å². The molecule has 0 radical (unpaired) electrons. The van der Waals surface area contributed by atoms with Crippen LogP contribution in [0.15, 0.2) is 24.3 Å². The Bertz CT molecular complexity index is 571. The second kappa shape index (κ2) is 11.4. The standard InChI is InChI=1S/C18H29BO5.C5H10/c1-7-20-16(21-8-2)13-22-15-11-9-10-14(12-15)19-23-17(3,4)18(5,6)24-19;1-2-4-5-3-1/h9-12,16H,7-8,13H2,1-6H3;1-5H2. The number of rotatable bonds is 8. The first-order valence-electron chi connectivity index (χ1n) is 11.1. The van der Waals surface area contributed by atoms with Crippen LogP contribution in [0.5, 0.6) is 5.75 Å². The van der Waals surface area contributed by atoms with Gasteiger partial charge in [0.1, 0.15) is 12.4 Å². The highest BCUT2D eigenvalue weighted by Gasteiger charge is 2.51. The van der Waals surface area contributed by atoms with Gasteiger partial charge in [-0.1, -0.05) is 44.2 Å². The summed E-state index contributed by atoms with van der Waals surface area (Å²) in [6.07, 6.45) is 7.14. The molecule has 1 aliphatic heterocycles. The Balaban J connectivity index is 0.000000521. The molecule has 5 nitrogen and oxygen atoms in total. The van der Waals surface area contributed by atoms with Gasteiger partial charge in [-0.15, -0.1) is 0 Å². The summed E-state index contributed by atoms with van der Waals surface area (Å²) < 4.78 is 29.0. The van der Waals surface area contributed by atoms with Crippen LogP contribution in [0.3, 0.4) is 0 Å². The van der Waals surface area contributed by atoms with E-state index in [0.717, 1.165) is 11.2 Å². The van der Waals surface area contributed by atoms with Crippen LogP contribution in [0.2, 0.25) is 0 Å². The maximum atomic E-state index is 6.08. The third-order valence-electron chi connectivity index (χ3n) is 5.72. The average molecular weight is 406 g/mol. The Morgan fingerprint density at radius 1 is 0.897 bits per heavy atom. The van der Waals surface area contributed by atoms with Crippen LogP contribution in [0.4, 0.5) is 0 Å². The SMILES string of the molecule is C1CCCC1.CCOC(COc1cccc(B2OC(C)(C)C(C)(C)O2)c1)OCC. The van der Waals surface area contributed by atoms with Gasteiger partial charge in [0, 0.05) is 13.2 Å². The highest BCUT2D eigenvalue weighted by atomic mass is 16.7. The van der Waals surface area contributed by atoms with Gasteiger partial charge >= 0.3 is 7.12 Å². The van der Waals surface area contributed by atoms with Crippen LogP contribution >= 0.6 is 0 Å². The minimum Gasteiger partial charge on any atom is -0.488 e. The molecule has 1 aliphatic carbocycles. The Hall–Kier alpha value is -1.08. The zero-order chi connectivity index (χ0) is 21.3. The van der Waals surface area contributed by atoms with Crippen molar-refractivity contribution in [2.75, 3.05) is 19.8 Å². The second-order valence-electron chi connectivity index (χ2n) is 8.58. The summed E-state index contributed by atoms with van der Waals surface area (Å²) in [5.74, 6) is 0.742. The summed E-state index contributed by atoms with van der Waals surface area (Å²) >= 11 is 0. The van der Waals surface area contributed by atoms with Crippen LogP contribution in [0, 0.1) is 0 Å². The van der Waals surface area contributed by atoms with Gasteiger partial charge in [-0.2, -0.15) is 0 Å². The van der Waals surface area contributed by atoms with Crippen molar-refractivity contribution in [2.24, 2.45) is 0 Å². The van der Waals surface area contributed by atoms with Crippen molar-refractivity contribution in [2.45, 2.75) is 91.1 Å². The normalized spacial score (nSPS) is 19.9. The first kappa shape index (κ1) is 24.2. The topological polar surface area (TPSA) is 46.2 Å². The molecule has 0 amide bonds. The van der Waals surface area contributed by atoms with E-state index in [9.17, 15) is 0 Å². The van der Waals surface area contributed by atoms with E-state index < -0.39 is 7.12 Å².